The molecule has 7 aromatic rings. The maximum atomic E-state index is 6.30. The lowest BCUT2D eigenvalue weighted by Gasteiger charge is -2.05. The summed E-state index contributed by atoms with van der Waals surface area (Å²) >= 11 is 0. The van der Waals surface area contributed by atoms with Crippen molar-refractivity contribution >= 4 is 55.0 Å². The summed E-state index contributed by atoms with van der Waals surface area (Å²) in [4.78, 5) is 4.68. The fourth-order valence-corrected chi connectivity index (χ4v) is 4.41. The number of para-hydroxylation sites is 2. The second-order valence-corrected chi connectivity index (χ2v) is 7.27. The minimum absolute atomic E-state index is 0.812. The molecule has 0 spiro atoms. The lowest BCUT2D eigenvalue weighted by atomic mass is 10.1. The van der Waals surface area contributed by atoms with Crippen molar-refractivity contribution in [1.29, 1.82) is 0 Å². The van der Waals surface area contributed by atoms with Gasteiger partial charge in [0.05, 0.1) is 11.1 Å². The third-order valence-electron chi connectivity index (χ3n) is 5.67. The van der Waals surface area contributed by atoms with Gasteiger partial charge in [-0.2, -0.15) is 0 Å². The van der Waals surface area contributed by atoms with Crippen LogP contribution in [0, 0.1) is 0 Å². The number of rotatable bonds is 1. The molecule has 0 N–H and O–H groups in total. The Labute approximate surface area is 164 Å². The van der Waals surface area contributed by atoms with Crippen LogP contribution in [0.5, 0.6) is 0 Å². The van der Waals surface area contributed by atoms with E-state index in [1.807, 2.05) is 54.7 Å². The van der Waals surface area contributed by atoms with Crippen LogP contribution in [0.15, 0.2) is 93.9 Å². The number of fused-ring (bicyclic) bond motifs is 8. The molecule has 4 heteroatoms. The predicted octanol–water partition coefficient (Wildman–Crippen LogP) is 6.82. The molecule has 0 saturated carbocycles. The molecule has 0 saturated heterocycles. The first-order chi connectivity index (χ1) is 14.4. The minimum atomic E-state index is 0.812. The molecule has 29 heavy (non-hydrogen) atoms. The quantitative estimate of drug-likeness (QED) is 0.316. The summed E-state index contributed by atoms with van der Waals surface area (Å²) in [5.41, 5.74) is 5.35. The predicted molar refractivity (Wildman–Crippen MR) is 116 cm³/mol. The highest BCUT2D eigenvalue weighted by molar-refractivity contribution is 6.19. The first-order valence-electron chi connectivity index (χ1n) is 9.57. The zero-order valence-electron chi connectivity index (χ0n) is 15.3. The van der Waals surface area contributed by atoms with Crippen molar-refractivity contribution < 1.29 is 8.83 Å². The van der Waals surface area contributed by atoms with Crippen LogP contribution in [0.25, 0.3) is 60.7 Å². The molecule has 4 aromatic heterocycles. The van der Waals surface area contributed by atoms with Crippen LogP contribution in [0.1, 0.15) is 0 Å². The summed E-state index contributed by atoms with van der Waals surface area (Å²) in [5, 5.41) is 5.48. The van der Waals surface area contributed by atoms with E-state index in [-0.39, 0.29) is 0 Å². The molecule has 0 aliphatic heterocycles. The molecule has 7 rings (SSSR count). The first kappa shape index (κ1) is 14.9. The van der Waals surface area contributed by atoms with Crippen LogP contribution in [0.4, 0.5) is 0 Å². The Morgan fingerprint density at radius 1 is 0.621 bits per heavy atom. The van der Waals surface area contributed by atoms with Gasteiger partial charge in [-0.3, -0.25) is 4.57 Å². The van der Waals surface area contributed by atoms with E-state index in [0.29, 0.717) is 0 Å². The Hall–Kier alpha value is -4.05. The third kappa shape index (κ3) is 1.90. The van der Waals surface area contributed by atoms with E-state index in [2.05, 4.69) is 39.9 Å². The number of hydrogen-bond acceptors (Lipinski definition) is 3. The zero-order valence-corrected chi connectivity index (χ0v) is 15.3. The minimum Gasteiger partial charge on any atom is -0.456 e. The van der Waals surface area contributed by atoms with Crippen LogP contribution >= 0.6 is 0 Å². The van der Waals surface area contributed by atoms with Gasteiger partial charge < -0.3 is 8.83 Å². The van der Waals surface area contributed by atoms with Gasteiger partial charge >= 0.3 is 0 Å². The van der Waals surface area contributed by atoms with Crippen molar-refractivity contribution in [2.45, 2.75) is 0 Å². The molecule has 3 aromatic carbocycles. The largest absolute Gasteiger partial charge is 0.456 e. The standard InChI is InChI=1S/C25H14N2O2/c1-3-9-20-16(6-1)19-14-15(11-12-22(19)28-20)27-24-18(8-5-13-26-24)23-17-7-2-4-10-21(17)29-25(23)27/h1-14H. The highest BCUT2D eigenvalue weighted by Crippen LogP contribution is 2.39. The number of furan rings is 2. The van der Waals surface area contributed by atoms with E-state index >= 15 is 0 Å². The smallest absolute Gasteiger partial charge is 0.215 e. The topological polar surface area (TPSA) is 44.1 Å². The molecule has 0 unspecified atom stereocenters. The Morgan fingerprint density at radius 3 is 2.24 bits per heavy atom. The van der Waals surface area contributed by atoms with E-state index in [1.165, 1.54) is 0 Å². The van der Waals surface area contributed by atoms with Crippen molar-refractivity contribution in [3.8, 4) is 5.69 Å². The van der Waals surface area contributed by atoms with Gasteiger partial charge in [0.2, 0.25) is 5.71 Å². The average molecular weight is 374 g/mol. The molecule has 0 atom stereocenters. The van der Waals surface area contributed by atoms with Gasteiger partial charge in [0.25, 0.3) is 0 Å². The summed E-state index contributed by atoms with van der Waals surface area (Å²) < 4.78 is 14.4. The summed E-state index contributed by atoms with van der Waals surface area (Å²) in [7, 11) is 0. The zero-order chi connectivity index (χ0) is 18.9. The first-order valence-corrected chi connectivity index (χ1v) is 9.57. The van der Waals surface area contributed by atoms with E-state index in [0.717, 1.165) is 60.7 Å². The molecule has 136 valence electrons. The maximum absolute atomic E-state index is 6.30. The highest BCUT2D eigenvalue weighted by atomic mass is 16.3. The number of hydrogen-bond donors (Lipinski definition) is 0. The van der Waals surface area contributed by atoms with E-state index in [1.54, 1.807) is 0 Å². The number of nitrogens with zero attached hydrogens (tertiary/aromatic N) is 2. The highest BCUT2D eigenvalue weighted by Gasteiger charge is 2.20. The summed E-state index contributed by atoms with van der Waals surface area (Å²) in [6.07, 6.45) is 1.83. The van der Waals surface area contributed by atoms with Crippen molar-refractivity contribution in [2.75, 3.05) is 0 Å². The molecule has 4 nitrogen and oxygen atoms in total. The fraction of sp³-hybridized carbons (Fsp3) is 0. The summed E-state index contributed by atoms with van der Waals surface area (Å²) in [6.45, 7) is 0. The van der Waals surface area contributed by atoms with Crippen molar-refractivity contribution in [2.24, 2.45) is 0 Å². The van der Waals surface area contributed by atoms with Crippen LogP contribution in [-0.2, 0) is 0 Å². The van der Waals surface area contributed by atoms with Crippen LogP contribution in [0.3, 0.4) is 0 Å². The van der Waals surface area contributed by atoms with Crippen LogP contribution in [0.2, 0.25) is 0 Å². The second-order valence-electron chi connectivity index (χ2n) is 7.27. The fourth-order valence-electron chi connectivity index (χ4n) is 4.41. The summed E-state index contributed by atoms with van der Waals surface area (Å²) in [6, 6.07) is 26.6. The molecule has 0 radical (unpaired) electrons. The third-order valence-corrected chi connectivity index (χ3v) is 5.67. The van der Waals surface area contributed by atoms with Crippen molar-refractivity contribution in [1.82, 2.24) is 9.55 Å². The number of benzene rings is 3. The van der Waals surface area contributed by atoms with E-state index in [4.69, 9.17) is 8.83 Å². The Bertz CT molecular complexity index is 1720. The SMILES string of the molecule is c1ccc2c(c1)oc1ccc(-n3c4ncccc4c4c5ccccc5oc43)cc12. The normalized spacial score (nSPS) is 12.1. The monoisotopic (exact) mass is 374 g/mol. The van der Waals surface area contributed by atoms with Gasteiger partial charge in [0.1, 0.15) is 22.4 Å². The van der Waals surface area contributed by atoms with Gasteiger partial charge in [0.15, 0.2) is 0 Å². The number of aromatic nitrogens is 2. The van der Waals surface area contributed by atoms with E-state index < -0.39 is 0 Å². The molecular formula is C25H14N2O2. The Balaban J connectivity index is 1.65. The van der Waals surface area contributed by atoms with Crippen LogP contribution < -0.4 is 0 Å². The van der Waals surface area contributed by atoms with Crippen molar-refractivity contribution in [3.05, 3.63) is 85.1 Å². The Kier molecular flexibility index (Phi) is 2.71. The molecule has 0 aliphatic rings. The molecule has 0 amide bonds. The lowest BCUT2D eigenvalue weighted by molar-refractivity contribution is 0.644. The second kappa shape index (κ2) is 5.26. The Morgan fingerprint density at radius 2 is 1.34 bits per heavy atom. The van der Waals surface area contributed by atoms with Gasteiger partial charge in [-0.25, -0.2) is 4.98 Å². The average Bonchev–Trinajstić information content (AvgIpc) is 3.41. The van der Waals surface area contributed by atoms with Crippen LogP contribution in [-0.4, -0.2) is 9.55 Å². The van der Waals surface area contributed by atoms with E-state index in [9.17, 15) is 0 Å². The van der Waals surface area contributed by atoms with Gasteiger partial charge in [-0.1, -0.05) is 36.4 Å². The molecule has 0 fully saturated rings. The number of pyridine rings is 1. The molecule has 4 heterocycles. The maximum Gasteiger partial charge on any atom is 0.215 e. The molecule has 0 aliphatic carbocycles. The summed E-state index contributed by atoms with van der Waals surface area (Å²) in [5.74, 6) is 0. The van der Waals surface area contributed by atoms with Crippen molar-refractivity contribution in [3.63, 3.8) is 0 Å². The van der Waals surface area contributed by atoms with Gasteiger partial charge in [-0.15, -0.1) is 0 Å². The molecular weight excluding hydrogens is 360 g/mol. The van der Waals surface area contributed by atoms with Gasteiger partial charge in [0, 0.05) is 27.7 Å². The van der Waals surface area contributed by atoms with Gasteiger partial charge in [-0.05, 0) is 42.5 Å². The lowest BCUT2D eigenvalue weighted by Crippen LogP contribution is -1.94. The molecule has 0 bridgehead atoms.